The van der Waals surface area contributed by atoms with Crippen molar-refractivity contribution in [2.75, 3.05) is 13.1 Å². The zero-order chi connectivity index (χ0) is 12.5. The van der Waals surface area contributed by atoms with Gasteiger partial charge < -0.3 is 4.90 Å². The van der Waals surface area contributed by atoms with Crippen LogP contribution in [0.15, 0.2) is 12.2 Å². The van der Waals surface area contributed by atoms with Gasteiger partial charge >= 0.3 is 0 Å². The predicted molar refractivity (Wildman–Crippen MR) is 64.6 cm³/mol. The maximum Gasteiger partial charge on any atom is 0.226 e. The lowest BCUT2D eigenvalue weighted by molar-refractivity contribution is -0.135. The van der Waals surface area contributed by atoms with Crippen LogP contribution in [0.1, 0.15) is 25.7 Å². The molecule has 96 valence electrons. The van der Waals surface area contributed by atoms with Crippen LogP contribution in [-0.4, -0.2) is 37.6 Å². The summed E-state index contributed by atoms with van der Waals surface area (Å²) in [7, 11) is -3.53. The fourth-order valence-corrected chi connectivity index (χ4v) is 3.37. The molecule has 1 unspecified atom stereocenters. The van der Waals surface area contributed by atoms with E-state index in [0.717, 1.165) is 12.8 Å². The Bertz CT molecular complexity index is 422. The highest BCUT2D eigenvalue weighted by molar-refractivity contribution is 7.89. The van der Waals surface area contributed by atoms with Gasteiger partial charge in [0.2, 0.25) is 15.9 Å². The van der Waals surface area contributed by atoms with Crippen molar-refractivity contribution < 1.29 is 13.2 Å². The van der Waals surface area contributed by atoms with Gasteiger partial charge in [-0.3, -0.25) is 4.79 Å². The molecule has 0 radical (unpaired) electrons. The van der Waals surface area contributed by atoms with Crippen molar-refractivity contribution in [2.24, 2.45) is 11.1 Å². The minimum Gasteiger partial charge on any atom is -0.341 e. The number of carbonyl (C=O) groups excluding carboxylic acids is 1. The Kier molecular flexibility index (Phi) is 3.53. The maximum atomic E-state index is 12.1. The molecule has 5 nitrogen and oxygen atoms in total. The topological polar surface area (TPSA) is 80.5 Å². The second kappa shape index (κ2) is 4.78. The standard InChI is InChI=1S/C11H18N2O3S/c12-17(15,16)10-6-3-7-13(8-10)11(14)9-4-1-2-5-9/h1-2,9-10H,3-8H2,(H2,12,15,16). The normalized spacial score (nSPS) is 26.4. The van der Waals surface area contributed by atoms with Gasteiger partial charge in [-0.05, 0) is 25.7 Å². The number of hydrogen-bond donors (Lipinski definition) is 1. The molecule has 1 atom stereocenters. The molecule has 0 aromatic heterocycles. The molecule has 0 bridgehead atoms. The molecule has 1 saturated heterocycles. The molecule has 0 aromatic carbocycles. The molecular formula is C11H18N2O3S. The number of nitrogens with two attached hydrogens (primary N) is 1. The third kappa shape index (κ3) is 2.87. The zero-order valence-electron chi connectivity index (χ0n) is 9.71. The number of likely N-dealkylation sites (tertiary alicyclic amines) is 1. The van der Waals surface area contributed by atoms with E-state index in [0.29, 0.717) is 19.4 Å². The highest BCUT2D eigenvalue weighted by Crippen LogP contribution is 2.23. The van der Waals surface area contributed by atoms with E-state index in [9.17, 15) is 13.2 Å². The number of piperidine rings is 1. The quantitative estimate of drug-likeness (QED) is 0.720. The van der Waals surface area contributed by atoms with E-state index in [1.54, 1.807) is 4.90 Å². The lowest BCUT2D eigenvalue weighted by Crippen LogP contribution is -2.48. The zero-order valence-corrected chi connectivity index (χ0v) is 10.5. The summed E-state index contributed by atoms with van der Waals surface area (Å²) >= 11 is 0. The Balaban J connectivity index is 1.99. The third-order valence-electron chi connectivity index (χ3n) is 3.51. The summed E-state index contributed by atoms with van der Waals surface area (Å²) in [4.78, 5) is 13.8. The fourth-order valence-electron chi connectivity index (χ4n) is 2.48. The van der Waals surface area contributed by atoms with Crippen LogP contribution in [-0.2, 0) is 14.8 Å². The van der Waals surface area contributed by atoms with Gasteiger partial charge in [-0.15, -0.1) is 0 Å². The third-order valence-corrected chi connectivity index (χ3v) is 4.83. The Hall–Kier alpha value is -0.880. The van der Waals surface area contributed by atoms with Crippen LogP contribution in [0, 0.1) is 5.92 Å². The van der Waals surface area contributed by atoms with Crippen LogP contribution < -0.4 is 5.14 Å². The van der Waals surface area contributed by atoms with E-state index < -0.39 is 15.3 Å². The number of carbonyl (C=O) groups is 1. The Morgan fingerprint density at radius 2 is 1.94 bits per heavy atom. The number of amides is 1. The van der Waals surface area contributed by atoms with Gasteiger partial charge in [0.15, 0.2) is 0 Å². The first-order valence-electron chi connectivity index (χ1n) is 5.94. The molecule has 2 rings (SSSR count). The van der Waals surface area contributed by atoms with Crippen LogP contribution in [0.25, 0.3) is 0 Å². The van der Waals surface area contributed by atoms with Gasteiger partial charge in [0, 0.05) is 19.0 Å². The summed E-state index contributed by atoms with van der Waals surface area (Å²) in [5, 5.41) is 4.56. The molecule has 0 spiro atoms. The first kappa shape index (κ1) is 12.6. The highest BCUT2D eigenvalue weighted by Gasteiger charge is 2.33. The largest absolute Gasteiger partial charge is 0.341 e. The molecule has 1 heterocycles. The molecule has 1 fully saturated rings. The van der Waals surface area contributed by atoms with E-state index in [1.165, 1.54) is 0 Å². The van der Waals surface area contributed by atoms with Gasteiger partial charge in [0.25, 0.3) is 0 Å². The van der Waals surface area contributed by atoms with E-state index in [1.807, 2.05) is 12.2 Å². The number of primary sulfonamides is 1. The second-order valence-corrected chi connectivity index (χ2v) is 6.62. The fraction of sp³-hybridized carbons (Fsp3) is 0.727. The van der Waals surface area contributed by atoms with E-state index in [4.69, 9.17) is 5.14 Å². The predicted octanol–water partition coefficient (Wildman–Crippen LogP) is 0.232. The van der Waals surface area contributed by atoms with Gasteiger partial charge in [-0.2, -0.15) is 0 Å². The molecule has 1 amide bonds. The first-order valence-corrected chi connectivity index (χ1v) is 7.55. The van der Waals surface area contributed by atoms with Gasteiger partial charge in [-0.1, -0.05) is 12.2 Å². The summed E-state index contributed by atoms with van der Waals surface area (Å²) in [5.74, 6) is 0.0811. The SMILES string of the molecule is NS(=O)(=O)C1CCCN(C(=O)C2CC=CC2)C1. The molecule has 6 heteroatoms. The molecule has 17 heavy (non-hydrogen) atoms. The monoisotopic (exact) mass is 258 g/mol. The number of rotatable bonds is 2. The Morgan fingerprint density at radius 1 is 1.29 bits per heavy atom. The molecule has 0 aromatic rings. The summed E-state index contributed by atoms with van der Waals surface area (Å²) in [6.45, 7) is 0.912. The van der Waals surface area contributed by atoms with Crippen molar-refractivity contribution in [3.05, 3.63) is 12.2 Å². The average Bonchev–Trinajstić information content (AvgIpc) is 2.80. The Morgan fingerprint density at radius 3 is 2.53 bits per heavy atom. The van der Waals surface area contributed by atoms with E-state index >= 15 is 0 Å². The van der Waals surface area contributed by atoms with Crippen LogP contribution in [0.5, 0.6) is 0 Å². The number of nitrogens with zero attached hydrogens (tertiary/aromatic N) is 1. The highest BCUT2D eigenvalue weighted by atomic mass is 32.2. The first-order chi connectivity index (χ1) is 7.98. The van der Waals surface area contributed by atoms with Crippen molar-refractivity contribution in [1.82, 2.24) is 4.90 Å². The van der Waals surface area contributed by atoms with E-state index in [-0.39, 0.29) is 18.4 Å². The lowest BCUT2D eigenvalue weighted by atomic mass is 10.0. The van der Waals surface area contributed by atoms with Gasteiger partial charge in [0.05, 0.1) is 5.25 Å². The molecule has 0 saturated carbocycles. The number of sulfonamides is 1. The summed E-state index contributed by atoms with van der Waals surface area (Å²) in [5.41, 5.74) is 0. The molecule has 2 aliphatic rings. The van der Waals surface area contributed by atoms with Gasteiger partial charge in [-0.25, -0.2) is 13.6 Å². The smallest absolute Gasteiger partial charge is 0.226 e. The minimum atomic E-state index is -3.53. The molecular weight excluding hydrogens is 240 g/mol. The van der Waals surface area contributed by atoms with Crippen molar-refractivity contribution in [3.8, 4) is 0 Å². The van der Waals surface area contributed by atoms with Crippen molar-refractivity contribution in [2.45, 2.75) is 30.9 Å². The van der Waals surface area contributed by atoms with Crippen LogP contribution in [0.2, 0.25) is 0 Å². The van der Waals surface area contributed by atoms with Crippen LogP contribution >= 0.6 is 0 Å². The molecule has 1 aliphatic carbocycles. The number of allylic oxidation sites excluding steroid dienone is 2. The van der Waals surface area contributed by atoms with Crippen molar-refractivity contribution in [3.63, 3.8) is 0 Å². The second-order valence-electron chi connectivity index (χ2n) is 4.78. The molecule has 1 aliphatic heterocycles. The van der Waals surface area contributed by atoms with Crippen molar-refractivity contribution in [1.29, 1.82) is 0 Å². The average molecular weight is 258 g/mol. The van der Waals surface area contributed by atoms with Crippen LogP contribution in [0.3, 0.4) is 0 Å². The maximum absolute atomic E-state index is 12.1. The number of hydrogen-bond acceptors (Lipinski definition) is 3. The summed E-state index contributed by atoms with van der Waals surface area (Å²) < 4.78 is 22.6. The van der Waals surface area contributed by atoms with Crippen molar-refractivity contribution >= 4 is 15.9 Å². The Labute approximate surface area is 102 Å². The minimum absolute atomic E-state index is 0.00854. The van der Waals surface area contributed by atoms with Crippen LogP contribution in [0.4, 0.5) is 0 Å². The molecule has 2 N–H and O–H groups in total. The summed E-state index contributed by atoms with van der Waals surface area (Å²) in [6, 6.07) is 0. The van der Waals surface area contributed by atoms with Gasteiger partial charge in [0.1, 0.15) is 0 Å². The lowest BCUT2D eigenvalue weighted by Gasteiger charge is -2.33. The van der Waals surface area contributed by atoms with E-state index in [2.05, 4.69) is 0 Å². The summed E-state index contributed by atoms with van der Waals surface area (Å²) in [6.07, 6.45) is 6.83.